The summed E-state index contributed by atoms with van der Waals surface area (Å²) < 4.78 is 2.68. The molecule has 5 rings (SSSR count). The van der Waals surface area contributed by atoms with Gasteiger partial charge in [0, 0.05) is 36.8 Å². The highest BCUT2D eigenvalue weighted by Gasteiger charge is 2.48. The molecule has 0 radical (unpaired) electrons. The molecule has 2 aromatic rings. The Balaban J connectivity index is 1.55. The van der Waals surface area contributed by atoms with Crippen LogP contribution in [0, 0.1) is 11.8 Å². The van der Waals surface area contributed by atoms with Crippen molar-refractivity contribution >= 4 is 23.5 Å². The van der Waals surface area contributed by atoms with Crippen molar-refractivity contribution in [2.45, 2.75) is 58.2 Å². The van der Waals surface area contributed by atoms with Crippen LogP contribution in [-0.2, 0) is 11.3 Å². The minimum Gasteiger partial charge on any atom is -0.494 e. The molecule has 0 spiro atoms. The van der Waals surface area contributed by atoms with Crippen molar-refractivity contribution < 1.29 is 14.7 Å². The number of rotatable bonds is 6. The van der Waals surface area contributed by atoms with Gasteiger partial charge in [-0.25, -0.2) is 0 Å². The molecule has 3 aliphatic rings. The van der Waals surface area contributed by atoms with Gasteiger partial charge in [-0.3, -0.25) is 19.0 Å². The molecule has 164 valence electrons. The van der Waals surface area contributed by atoms with Gasteiger partial charge >= 0.3 is 0 Å². The number of fused-ring (bicyclic) bond motifs is 2. The predicted octanol–water partition coefficient (Wildman–Crippen LogP) is 1.38. The Morgan fingerprint density at radius 2 is 2.10 bits per heavy atom. The number of hydrogen-bond donors (Lipinski definition) is 2. The third-order valence-corrected chi connectivity index (χ3v) is 6.31. The molecule has 3 heterocycles. The zero-order valence-electron chi connectivity index (χ0n) is 17.7. The number of carbonyl (C=O) groups excluding carboxylic acids is 2. The zero-order valence-corrected chi connectivity index (χ0v) is 17.7. The third kappa shape index (κ3) is 3.51. The van der Waals surface area contributed by atoms with Crippen LogP contribution >= 0.6 is 0 Å². The zero-order chi connectivity index (χ0) is 21.9. The lowest BCUT2D eigenvalue weighted by Gasteiger charge is -2.17. The fourth-order valence-corrected chi connectivity index (χ4v) is 4.47. The molecular formula is C22H27N5O4. The average Bonchev–Trinajstić information content (AvgIpc) is 3.61. The van der Waals surface area contributed by atoms with Gasteiger partial charge in [-0.05, 0) is 43.6 Å². The molecule has 9 nitrogen and oxygen atoms in total. The number of piperidine rings is 1. The van der Waals surface area contributed by atoms with E-state index in [4.69, 9.17) is 0 Å². The van der Waals surface area contributed by atoms with Crippen molar-refractivity contribution in [2.75, 3.05) is 6.54 Å². The number of aromatic nitrogens is 3. The van der Waals surface area contributed by atoms with Gasteiger partial charge in [-0.15, -0.1) is 0 Å². The maximum Gasteiger partial charge on any atom is 0.291 e. The molecule has 2 atom stereocenters. The first-order chi connectivity index (χ1) is 14.8. The maximum absolute atomic E-state index is 13.0. The van der Waals surface area contributed by atoms with E-state index in [9.17, 15) is 19.5 Å². The molecule has 2 amide bonds. The molecule has 2 aromatic heterocycles. The van der Waals surface area contributed by atoms with Crippen LogP contribution in [0.3, 0.4) is 0 Å². The van der Waals surface area contributed by atoms with Crippen LogP contribution < -0.4 is 10.9 Å². The van der Waals surface area contributed by atoms with Gasteiger partial charge in [-0.1, -0.05) is 13.8 Å². The second-order valence-electron chi connectivity index (χ2n) is 9.31. The summed E-state index contributed by atoms with van der Waals surface area (Å²) in [7, 11) is 0. The number of carbonyl (C=O) groups is 2. The molecule has 2 saturated carbocycles. The summed E-state index contributed by atoms with van der Waals surface area (Å²) in [5.41, 5.74) is -0.0559. The smallest absolute Gasteiger partial charge is 0.291 e. The highest BCUT2D eigenvalue weighted by molar-refractivity contribution is 5.97. The first kappa shape index (κ1) is 19.8. The van der Waals surface area contributed by atoms with E-state index in [0.29, 0.717) is 29.7 Å². The number of nitrogens with zero attached hydrogens (tertiary/aromatic N) is 4. The Morgan fingerprint density at radius 1 is 1.32 bits per heavy atom. The molecule has 1 aliphatic heterocycles. The van der Waals surface area contributed by atoms with Gasteiger partial charge < -0.3 is 15.3 Å². The Morgan fingerprint density at radius 3 is 2.71 bits per heavy atom. The van der Waals surface area contributed by atoms with Gasteiger partial charge in [0.05, 0.1) is 6.20 Å². The first-order valence-corrected chi connectivity index (χ1v) is 11.0. The highest BCUT2D eigenvalue weighted by atomic mass is 16.3. The monoisotopic (exact) mass is 425 g/mol. The Labute approximate surface area is 179 Å². The molecule has 9 heteroatoms. The molecule has 0 bridgehead atoms. The summed E-state index contributed by atoms with van der Waals surface area (Å²) in [5, 5.41) is 17.9. The van der Waals surface area contributed by atoms with Crippen LogP contribution in [0.2, 0.25) is 0 Å². The van der Waals surface area contributed by atoms with E-state index < -0.39 is 11.5 Å². The fourth-order valence-electron chi connectivity index (χ4n) is 4.47. The Hall–Kier alpha value is -3.10. The SMILES string of the molecule is CC(C)Cn1c(O)c(C(=O)NC2CC2)c(=O)n2ncc(C=CC(=O)N3CCC4CC43)c12. The summed E-state index contributed by atoms with van der Waals surface area (Å²) in [6.45, 7) is 5.13. The van der Waals surface area contributed by atoms with Gasteiger partial charge in [0.1, 0.15) is 5.65 Å². The van der Waals surface area contributed by atoms with Gasteiger partial charge in [0.2, 0.25) is 11.8 Å². The second-order valence-corrected chi connectivity index (χ2v) is 9.31. The summed E-state index contributed by atoms with van der Waals surface area (Å²) in [6.07, 6.45) is 8.53. The van der Waals surface area contributed by atoms with E-state index in [2.05, 4.69) is 10.4 Å². The minimum atomic E-state index is -0.669. The van der Waals surface area contributed by atoms with Crippen molar-refractivity contribution in [1.29, 1.82) is 0 Å². The number of likely N-dealkylation sites (tertiary alicyclic amines) is 1. The van der Waals surface area contributed by atoms with Crippen molar-refractivity contribution in [3.63, 3.8) is 0 Å². The standard InChI is InChI=1S/C22H27N5O4/c1-12(2)11-26-20-14(3-6-17(28)25-8-7-13-9-16(13)25)10-23-27(20)22(31)18(21(26)30)19(29)24-15-4-5-15/h3,6,10,12-13,15-16,30H,4-5,7-9,11H2,1-2H3,(H,24,29). The van der Waals surface area contributed by atoms with Crippen LogP contribution in [-0.4, -0.2) is 54.6 Å². The lowest BCUT2D eigenvalue weighted by atomic mass is 10.2. The van der Waals surface area contributed by atoms with Crippen molar-refractivity contribution in [3.05, 3.63) is 33.8 Å². The summed E-state index contributed by atoms with van der Waals surface area (Å²) in [6, 6.07) is 0.427. The highest BCUT2D eigenvalue weighted by Crippen LogP contribution is 2.44. The minimum absolute atomic E-state index is 0.0493. The molecule has 31 heavy (non-hydrogen) atoms. The van der Waals surface area contributed by atoms with Crippen LogP contribution in [0.5, 0.6) is 5.88 Å². The summed E-state index contributed by atoms with van der Waals surface area (Å²) in [4.78, 5) is 40.1. The molecule has 2 N–H and O–H groups in total. The molecule has 1 saturated heterocycles. The number of aromatic hydroxyl groups is 1. The largest absolute Gasteiger partial charge is 0.494 e. The van der Waals surface area contributed by atoms with Crippen LogP contribution in [0.1, 0.15) is 55.5 Å². The van der Waals surface area contributed by atoms with E-state index in [1.807, 2.05) is 18.7 Å². The van der Waals surface area contributed by atoms with E-state index in [-0.39, 0.29) is 29.3 Å². The van der Waals surface area contributed by atoms with E-state index in [1.165, 1.54) is 16.8 Å². The number of nitrogens with one attached hydrogen (secondary N) is 1. The van der Waals surface area contributed by atoms with Gasteiger partial charge in [0.25, 0.3) is 11.5 Å². The lowest BCUT2D eigenvalue weighted by Crippen LogP contribution is -2.34. The number of hydrogen-bond acceptors (Lipinski definition) is 5. The summed E-state index contributed by atoms with van der Waals surface area (Å²) >= 11 is 0. The Bertz CT molecular complexity index is 1160. The second kappa shape index (κ2) is 7.25. The van der Waals surface area contributed by atoms with Crippen LogP contribution in [0.25, 0.3) is 11.7 Å². The van der Waals surface area contributed by atoms with Crippen LogP contribution in [0.15, 0.2) is 17.1 Å². The Kier molecular flexibility index (Phi) is 4.64. The average molecular weight is 425 g/mol. The summed E-state index contributed by atoms with van der Waals surface area (Å²) in [5.74, 6) is -0.206. The number of amides is 2. The van der Waals surface area contributed by atoms with Crippen molar-refractivity contribution in [2.24, 2.45) is 11.8 Å². The normalized spacial score (nSPS) is 22.5. The maximum atomic E-state index is 13.0. The fraction of sp³-hybridized carbons (Fsp3) is 0.545. The molecule has 2 aliphatic carbocycles. The van der Waals surface area contributed by atoms with Crippen molar-refractivity contribution in [1.82, 2.24) is 24.4 Å². The molecule has 2 unspecified atom stereocenters. The van der Waals surface area contributed by atoms with E-state index in [1.54, 1.807) is 6.08 Å². The molecular weight excluding hydrogens is 398 g/mol. The quantitative estimate of drug-likeness (QED) is 0.680. The first-order valence-electron chi connectivity index (χ1n) is 11.0. The van der Waals surface area contributed by atoms with Gasteiger partial charge in [0.15, 0.2) is 5.56 Å². The third-order valence-electron chi connectivity index (χ3n) is 6.31. The van der Waals surface area contributed by atoms with Crippen molar-refractivity contribution in [3.8, 4) is 5.88 Å². The van der Waals surface area contributed by atoms with Crippen LogP contribution in [0.4, 0.5) is 0 Å². The van der Waals surface area contributed by atoms with Gasteiger partial charge in [-0.2, -0.15) is 9.61 Å². The predicted molar refractivity (Wildman–Crippen MR) is 114 cm³/mol. The van der Waals surface area contributed by atoms with E-state index >= 15 is 0 Å². The topological polar surface area (TPSA) is 109 Å². The molecule has 0 aromatic carbocycles. The molecule has 3 fully saturated rings. The van der Waals surface area contributed by atoms with E-state index in [0.717, 1.165) is 36.7 Å². The lowest BCUT2D eigenvalue weighted by molar-refractivity contribution is -0.125.